The van der Waals surface area contributed by atoms with E-state index < -0.39 is 17.7 Å². The van der Waals surface area contributed by atoms with E-state index in [-0.39, 0.29) is 5.91 Å². The quantitative estimate of drug-likeness (QED) is 0.554. The van der Waals surface area contributed by atoms with Gasteiger partial charge in [-0.25, -0.2) is 9.78 Å². The van der Waals surface area contributed by atoms with Crippen LogP contribution in [0.5, 0.6) is 0 Å². The molecule has 0 bridgehead atoms. The third-order valence-electron chi connectivity index (χ3n) is 6.61. The van der Waals surface area contributed by atoms with Crippen LogP contribution < -0.4 is 0 Å². The van der Waals surface area contributed by atoms with E-state index in [9.17, 15) is 14.7 Å². The standard InChI is InChI=1S/C28H33N3O4/c1-16-8-10-19(11-9-16)22-17(2)20-14-31(26(32)25-29-12-13-30(25)7)15-21(20)18(3)23(22)24(27(33)34)35-28(4,5)6/h8-13,24H,14-15H2,1-7H3,(H,33,34)/t24-/m0/s1. The SMILES string of the molecule is Cc1ccc(-c2c(C)c3c(c(C)c2[C@H](OC(C)(C)C)C(=O)O)CN(C(=O)c2nccn2C)C3)cc1. The van der Waals surface area contributed by atoms with Crippen molar-refractivity contribution in [2.24, 2.45) is 7.05 Å². The summed E-state index contributed by atoms with van der Waals surface area (Å²) < 4.78 is 7.84. The molecule has 1 aliphatic heterocycles. The number of carboxylic acids is 1. The maximum atomic E-state index is 13.3. The summed E-state index contributed by atoms with van der Waals surface area (Å²) in [5.74, 6) is -0.798. The number of benzene rings is 2. The fraction of sp³-hybridized carbons (Fsp3) is 0.393. The molecule has 0 saturated heterocycles. The highest BCUT2D eigenvalue weighted by atomic mass is 16.5. The van der Waals surface area contributed by atoms with Crippen molar-refractivity contribution in [1.82, 2.24) is 14.5 Å². The Morgan fingerprint density at radius 1 is 1.03 bits per heavy atom. The summed E-state index contributed by atoms with van der Waals surface area (Å²) in [6, 6.07) is 8.10. The van der Waals surface area contributed by atoms with Crippen LogP contribution in [0.25, 0.3) is 11.1 Å². The average molecular weight is 476 g/mol. The number of aromatic nitrogens is 2. The smallest absolute Gasteiger partial charge is 0.337 e. The van der Waals surface area contributed by atoms with Gasteiger partial charge in [0.05, 0.1) is 5.60 Å². The molecule has 7 nitrogen and oxygen atoms in total. The van der Waals surface area contributed by atoms with Gasteiger partial charge in [0.25, 0.3) is 5.91 Å². The summed E-state index contributed by atoms with van der Waals surface area (Å²) in [6.07, 6.45) is 2.22. The fourth-order valence-corrected chi connectivity index (χ4v) is 4.88. The molecule has 7 heteroatoms. The Hall–Kier alpha value is -3.45. The summed E-state index contributed by atoms with van der Waals surface area (Å²) >= 11 is 0. The first-order chi connectivity index (χ1) is 16.4. The second kappa shape index (κ2) is 8.96. The van der Waals surface area contributed by atoms with Crippen molar-refractivity contribution >= 4 is 11.9 Å². The number of carbonyl (C=O) groups is 2. The van der Waals surface area contributed by atoms with Crippen LogP contribution in [-0.4, -0.2) is 37.0 Å². The number of aryl methyl sites for hydroxylation is 2. The van der Waals surface area contributed by atoms with Crippen LogP contribution in [0.15, 0.2) is 36.7 Å². The van der Waals surface area contributed by atoms with Crippen molar-refractivity contribution < 1.29 is 19.4 Å². The van der Waals surface area contributed by atoms with Gasteiger partial charge in [0.1, 0.15) is 0 Å². The Morgan fingerprint density at radius 2 is 1.63 bits per heavy atom. The topological polar surface area (TPSA) is 84.7 Å². The molecule has 0 aliphatic carbocycles. The minimum Gasteiger partial charge on any atom is -0.479 e. The zero-order valence-corrected chi connectivity index (χ0v) is 21.5. The summed E-state index contributed by atoms with van der Waals surface area (Å²) in [7, 11) is 1.80. The minimum atomic E-state index is -1.14. The Morgan fingerprint density at radius 3 is 2.14 bits per heavy atom. The predicted molar refractivity (Wildman–Crippen MR) is 134 cm³/mol. The Kier molecular flexibility index (Phi) is 6.32. The highest BCUT2D eigenvalue weighted by molar-refractivity contribution is 5.92. The molecule has 184 valence electrons. The van der Waals surface area contributed by atoms with Gasteiger partial charge in [0, 0.05) is 38.1 Å². The van der Waals surface area contributed by atoms with Gasteiger partial charge in [-0.05, 0) is 74.9 Å². The van der Waals surface area contributed by atoms with Crippen LogP contribution in [0.4, 0.5) is 0 Å². The Labute approximate surface area is 206 Å². The number of hydrogen-bond donors (Lipinski definition) is 1. The van der Waals surface area contributed by atoms with Gasteiger partial charge in [-0.1, -0.05) is 29.8 Å². The van der Waals surface area contributed by atoms with Gasteiger partial charge in [-0.3, -0.25) is 4.79 Å². The highest BCUT2D eigenvalue weighted by Gasteiger charge is 2.37. The molecule has 0 fully saturated rings. The lowest BCUT2D eigenvalue weighted by molar-refractivity contribution is -0.160. The number of fused-ring (bicyclic) bond motifs is 1. The van der Waals surface area contributed by atoms with Crippen LogP contribution in [-0.2, 0) is 29.7 Å². The number of aliphatic carboxylic acids is 1. The monoisotopic (exact) mass is 475 g/mol. The molecule has 4 rings (SSSR count). The molecule has 0 spiro atoms. The van der Waals surface area contributed by atoms with Gasteiger partial charge < -0.3 is 19.3 Å². The van der Waals surface area contributed by atoms with Crippen LogP contribution >= 0.6 is 0 Å². The van der Waals surface area contributed by atoms with Crippen molar-refractivity contribution in [3.05, 3.63) is 75.9 Å². The van der Waals surface area contributed by atoms with E-state index in [0.717, 1.165) is 38.9 Å². The molecule has 0 radical (unpaired) electrons. The molecular formula is C28H33N3O4. The van der Waals surface area contributed by atoms with E-state index in [0.29, 0.717) is 24.5 Å². The van der Waals surface area contributed by atoms with Crippen LogP contribution in [0.2, 0.25) is 0 Å². The van der Waals surface area contributed by atoms with E-state index in [4.69, 9.17) is 4.74 Å². The molecule has 1 amide bonds. The number of carboxylic acid groups (broad SMARTS) is 1. The van der Waals surface area contributed by atoms with E-state index in [1.807, 2.05) is 65.8 Å². The largest absolute Gasteiger partial charge is 0.479 e. The van der Waals surface area contributed by atoms with Crippen molar-refractivity contribution in [3.8, 4) is 11.1 Å². The molecule has 2 aromatic carbocycles. The Balaban J connectivity index is 1.91. The molecular weight excluding hydrogens is 442 g/mol. The lowest BCUT2D eigenvalue weighted by Gasteiger charge is -2.29. The van der Waals surface area contributed by atoms with Crippen molar-refractivity contribution in [3.63, 3.8) is 0 Å². The van der Waals surface area contributed by atoms with Gasteiger partial charge in [0.15, 0.2) is 11.9 Å². The maximum Gasteiger partial charge on any atom is 0.337 e. The second-order valence-corrected chi connectivity index (χ2v) is 10.3. The zero-order chi connectivity index (χ0) is 25.7. The number of hydrogen-bond acceptors (Lipinski definition) is 4. The van der Waals surface area contributed by atoms with Gasteiger partial charge in [0.2, 0.25) is 0 Å². The molecule has 1 atom stereocenters. The van der Waals surface area contributed by atoms with Crippen molar-refractivity contribution in [1.29, 1.82) is 0 Å². The molecule has 1 aromatic heterocycles. The first-order valence-electron chi connectivity index (χ1n) is 11.8. The van der Waals surface area contributed by atoms with E-state index in [1.165, 1.54) is 0 Å². The van der Waals surface area contributed by atoms with E-state index in [2.05, 4.69) is 4.98 Å². The van der Waals surface area contributed by atoms with Crippen LogP contribution in [0.1, 0.15) is 70.9 Å². The normalized spacial score (nSPS) is 14.2. The molecule has 0 unspecified atom stereocenters. The van der Waals surface area contributed by atoms with Gasteiger partial charge in [-0.15, -0.1) is 0 Å². The first-order valence-corrected chi connectivity index (χ1v) is 11.8. The van der Waals surface area contributed by atoms with Gasteiger partial charge >= 0.3 is 5.97 Å². The molecule has 3 aromatic rings. The third-order valence-corrected chi connectivity index (χ3v) is 6.61. The fourth-order valence-electron chi connectivity index (χ4n) is 4.88. The number of imidazole rings is 1. The van der Waals surface area contributed by atoms with E-state index >= 15 is 0 Å². The maximum absolute atomic E-state index is 13.3. The summed E-state index contributed by atoms with van der Waals surface area (Å²) in [4.78, 5) is 31.8. The van der Waals surface area contributed by atoms with Crippen LogP contribution in [0, 0.1) is 20.8 Å². The molecule has 1 N–H and O–H groups in total. The van der Waals surface area contributed by atoms with E-state index in [1.54, 1.807) is 28.9 Å². The lowest BCUT2D eigenvalue weighted by Crippen LogP contribution is -2.29. The number of rotatable bonds is 5. The molecule has 1 aliphatic rings. The second-order valence-electron chi connectivity index (χ2n) is 10.3. The zero-order valence-electron chi connectivity index (χ0n) is 21.5. The van der Waals surface area contributed by atoms with Crippen molar-refractivity contribution in [2.75, 3.05) is 0 Å². The first kappa shape index (κ1) is 24.7. The summed E-state index contributed by atoms with van der Waals surface area (Å²) in [5, 5.41) is 10.3. The number of carbonyl (C=O) groups excluding carboxylic acids is 1. The number of amides is 1. The predicted octanol–water partition coefficient (Wildman–Crippen LogP) is 5.11. The average Bonchev–Trinajstić information content (AvgIpc) is 3.41. The highest BCUT2D eigenvalue weighted by Crippen LogP contribution is 2.43. The minimum absolute atomic E-state index is 0.147. The lowest BCUT2D eigenvalue weighted by atomic mass is 9.83. The number of ether oxygens (including phenoxy) is 1. The third kappa shape index (κ3) is 4.60. The molecule has 0 saturated carbocycles. The van der Waals surface area contributed by atoms with Crippen molar-refractivity contribution in [2.45, 2.75) is 66.3 Å². The number of nitrogens with zero attached hydrogens (tertiary/aromatic N) is 3. The Bertz CT molecular complexity index is 1300. The van der Waals surface area contributed by atoms with Crippen LogP contribution in [0.3, 0.4) is 0 Å². The summed E-state index contributed by atoms with van der Waals surface area (Å²) in [6.45, 7) is 12.4. The van der Waals surface area contributed by atoms with Gasteiger partial charge in [-0.2, -0.15) is 0 Å². The molecule has 2 heterocycles. The summed E-state index contributed by atoms with van der Waals surface area (Å²) in [5.41, 5.74) is 6.79. The molecule has 35 heavy (non-hydrogen) atoms.